The van der Waals surface area contributed by atoms with E-state index in [2.05, 4.69) is 231 Å². The molecule has 0 amide bonds. The molecule has 0 aliphatic heterocycles. The maximum absolute atomic E-state index is 2.44. The molecule has 0 bridgehead atoms. The van der Waals surface area contributed by atoms with Gasteiger partial charge in [-0.15, -0.1) is 0 Å². The van der Waals surface area contributed by atoms with Crippen LogP contribution in [0.2, 0.25) is 0 Å². The van der Waals surface area contributed by atoms with Crippen LogP contribution in [0.4, 0.5) is 0 Å². The molecule has 0 saturated carbocycles. The molecule has 0 N–H and O–H groups in total. The highest BCUT2D eigenvalue weighted by atomic mass is 14.2. The summed E-state index contributed by atoms with van der Waals surface area (Å²) in [6.07, 6.45) is 0. The zero-order valence-electron chi connectivity index (χ0n) is 31.9. The van der Waals surface area contributed by atoms with Crippen molar-refractivity contribution in [3.05, 3.63) is 231 Å². The molecule has 0 radical (unpaired) electrons. The average Bonchev–Trinajstić information content (AvgIpc) is 3.30. The van der Waals surface area contributed by atoms with Crippen molar-refractivity contribution in [3.63, 3.8) is 0 Å². The van der Waals surface area contributed by atoms with Crippen molar-refractivity contribution in [2.45, 2.75) is 0 Å². The number of benzene rings is 11. The smallest absolute Gasteiger partial charge is 0.00199 e. The molecule has 0 aliphatic rings. The van der Waals surface area contributed by atoms with Gasteiger partial charge >= 0.3 is 0 Å². The zero-order chi connectivity index (χ0) is 38.4. The Hall–Kier alpha value is -7.54. The minimum absolute atomic E-state index is 1.19. The molecule has 0 heterocycles. The van der Waals surface area contributed by atoms with E-state index in [-0.39, 0.29) is 0 Å². The quantitative estimate of drug-likeness (QED) is 0.149. The highest BCUT2D eigenvalue weighted by Crippen LogP contribution is 2.48. The molecule has 0 aromatic heterocycles. The molecule has 11 aromatic rings. The summed E-state index contributed by atoms with van der Waals surface area (Å²) < 4.78 is 0. The monoisotopic (exact) mass is 734 g/mol. The lowest BCUT2D eigenvalue weighted by molar-refractivity contribution is 1.57. The average molecular weight is 735 g/mol. The van der Waals surface area contributed by atoms with E-state index in [1.165, 1.54) is 110 Å². The predicted molar refractivity (Wildman–Crippen MR) is 249 cm³/mol. The van der Waals surface area contributed by atoms with Crippen molar-refractivity contribution < 1.29 is 0 Å². The van der Waals surface area contributed by atoms with Crippen molar-refractivity contribution in [2.75, 3.05) is 0 Å². The van der Waals surface area contributed by atoms with Crippen LogP contribution in [-0.4, -0.2) is 0 Å². The molecular formula is C58H38. The Kier molecular flexibility index (Phi) is 8.26. The van der Waals surface area contributed by atoms with Gasteiger partial charge < -0.3 is 0 Å². The normalized spacial score (nSPS) is 11.4. The van der Waals surface area contributed by atoms with Crippen molar-refractivity contribution >= 4 is 43.1 Å². The number of rotatable bonds is 6. The van der Waals surface area contributed by atoms with Gasteiger partial charge in [0.15, 0.2) is 0 Å². The van der Waals surface area contributed by atoms with Crippen LogP contribution in [0, 0.1) is 0 Å². The lowest BCUT2D eigenvalue weighted by Gasteiger charge is -2.21. The molecule has 0 atom stereocenters. The molecule has 11 aromatic carbocycles. The maximum atomic E-state index is 2.44. The van der Waals surface area contributed by atoms with Crippen LogP contribution in [0.25, 0.3) is 110 Å². The SMILES string of the molecule is c1ccc(-c2c3ccccc3c(-c3cc(-c4cccc(-c5cccc(-c6ccc7ccccc7c6)c5)c4)ccc3-c3cccc4ccccc34)c3ccccc23)cc1. The summed E-state index contributed by atoms with van der Waals surface area (Å²) in [4.78, 5) is 0. The van der Waals surface area contributed by atoms with Crippen molar-refractivity contribution in [2.24, 2.45) is 0 Å². The van der Waals surface area contributed by atoms with Gasteiger partial charge in [0, 0.05) is 0 Å². The Morgan fingerprint density at radius 2 is 0.603 bits per heavy atom. The summed E-state index contributed by atoms with van der Waals surface area (Å²) in [5.41, 5.74) is 14.7. The molecule has 0 heteroatoms. The Morgan fingerprint density at radius 3 is 1.24 bits per heavy atom. The molecule has 0 fully saturated rings. The van der Waals surface area contributed by atoms with E-state index in [1.807, 2.05) is 0 Å². The third kappa shape index (κ3) is 5.86. The van der Waals surface area contributed by atoms with Crippen molar-refractivity contribution in [1.29, 1.82) is 0 Å². The number of hydrogen-bond acceptors (Lipinski definition) is 0. The fraction of sp³-hybridized carbons (Fsp3) is 0. The first-order valence-corrected chi connectivity index (χ1v) is 20.1. The lowest BCUT2D eigenvalue weighted by atomic mass is 9.82. The minimum atomic E-state index is 1.19. The molecule has 0 saturated heterocycles. The second-order valence-electron chi connectivity index (χ2n) is 15.2. The molecule has 0 nitrogen and oxygen atoms in total. The molecule has 11 rings (SSSR count). The Bertz CT molecular complexity index is 3270. The van der Waals surface area contributed by atoms with Gasteiger partial charge in [0.1, 0.15) is 0 Å². The Balaban J connectivity index is 1.12. The number of fused-ring (bicyclic) bond motifs is 4. The predicted octanol–water partition coefficient (Wildman–Crippen LogP) is 16.3. The van der Waals surface area contributed by atoms with Crippen molar-refractivity contribution in [1.82, 2.24) is 0 Å². The zero-order valence-corrected chi connectivity index (χ0v) is 31.9. The van der Waals surface area contributed by atoms with E-state index in [0.29, 0.717) is 0 Å². The van der Waals surface area contributed by atoms with E-state index in [9.17, 15) is 0 Å². The van der Waals surface area contributed by atoms with Gasteiger partial charge in [0.05, 0.1) is 0 Å². The summed E-state index contributed by atoms with van der Waals surface area (Å²) >= 11 is 0. The number of hydrogen-bond donors (Lipinski definition) is 0. The Labute approximate surface area is 339 Å². The van der Waals surface area contributed by atoms with Gasteiger partial charge in [0.25, 0.3) is 0 Å². The van der Waals surface area contributed by atoms with Gasteiger partial charge in [-0.05, 0) is 134 Å². The van der Waals surface area contributed by atoms with E-state index < -0.39 is 0 Å². The van der Waals surface area contributed by atoms with Gasteiger partial charge in [-0.1, -0.05) is 206 Å². The third-order valence-corrected chi connectivity index (χ3v) is 11.8. The van der Waals surface area contributed by atoms with Crippen LogP contribution in [0.5, 0.6) is 0 Å². The topological polar surface area (TPSA) is 0 Å². The minimum Gasteiger partial charge on any atom is -0.0622 e. The molecule has 0 unspecified atom stereocenters. The molecule has 270 valence electrons. The first kappa shape index (κ1) is 33.8. The first-order chi connectivity index (χ1) is 28.8. The van der Waals surface area contributed by atoms with Gasteiger partial charge in [-0.2, -0.15) is 0 Å². The van der Waals surface area contributed by atoms with Crippen LogP contribution in [0.15, 0.2) is 231 Å². The summed E-state index contributed by atoms with van der Waals surface area (Å²) in [5.74, 6) is 0. The van der Waals surface area contributed by atoms with E-state index in [4.69, 9.17) is 0 Å². The van der Waals surface area contributed by atoms with Crippen LogP contribution in [-0.2, 0) is 0 Å². The van der Waals surface area contributed by atoms with E-state index in [0.717, 1.165) is 0 Å². The van der Waals surface area contributed by atoms with E-state index >= 15 is 0 Å². The first-order valence-electron chi connectivity index (χ1n) is 20.1. The van der Waals surface area contributed by atoms with Crippen LogP contribution in [0.3, 0.4) is 0 Å². The summed E-state index contributed by atoms with van der Waals surface area (Å²) in [6.45, 7) is 0. The summed E-state index contributed by atoms with van der Waals surface area (Å²) in [5, 5.41) is 10.0. The van der Waals surface area contributed by atoms with Crippen LogP contribution < -0.4 is 0 Å². The second kappa shape index (κ2) is 14.2. The maximum Gasteiger partial charge on any atom is -0.00199 e. The summed E-state index contributed by atoms with van der Waals surface area (Å²) in [6, 6.07) is 84.7. The van der Waals surface area contributed by atoms with Gasteiger partial charge in [-0.25, -0.2) is 0 Å². The lowest BCUT2D eigenvalue weighted by Crippen LogP contribution is -1.94. The van der Waals surface area contributed by atoms with Crippen molar-refractivity contribution in [3.8, 4) is 66.8 Å². The van der Waals surface area contributed by atoms with Crippen LogP contribution in [0.1, 0.15) is 0 Å². The van der Waals surface area contributed by atoms with Gasteiger partial charge in [-0.3, -0.25) is 0 Å². The highest BCUT2D eigenvalue weighted by Gasteiger charge is 2.20. The second-order valence-corrected chi connectivity index (χ2v) is 15.2. The molecule has 58 heavy (non-hydrogen) atoms. The fourth-order valence-corrected chi connectivity index (χ4v) is 9.09. The van der Waals surface area contributed by atoms with E-state index in [1.54, 1.807) is 0 Å². The molecule has 0 spiro atoms. The molecular weight excluding hydrogens is 697 g/mol. The Morgan fingerprint density at radius 1 is 0.172 bits per heavy atom. The van der Waals surface area contributed by atoms with Crippen LogP contribution >= 0.6 is 0 Å². The highest BCUT2D eigenvalue weighted by molar-refractivity contribution is 6.23. The summed E-state index contributed by atoms with van der Waals surface area (Å²) in [7, 11) is 0. The van der Waals surface area contributed by atoms with Gasteiger partial charge in [0.2, 0.25) is 0 Å². The standard InChI is InChI=1S/C58H38/c1-2-17-41(18-3-1)57-52-26-8-10-28-54(52)58(55-29-11-9-27-53(55)57)56-38-48(33-34-51(56)50-30-14-20-40-16-6-7-25-49(40)50)46-24-13-22-44(37-46)43-21-12-23-45(36-43)47-32-31-39-15-4-5-19-42(39)35-47/h1-38H. The molecule has 0 aliphatic carbocycles. The fourth-order valence-electron chi connectivity index (χ4n) is 9.09. The third-order valence-electron chi connectivity index (χ3n) is 11.8. The largest absolute Gasteiger partial charge is 0.0622 e.